The van der Waals surface area contributed by atoms with Gasteiger partial charge in [0.25, 0.3) is 5.91 Å². The molecule has 1 fully saturated rings. The van der Waals surface area contributed by atoms with E-state index in [0.29, 0.717) is 0 Å². The maximum Gasteiger partial charge on any atom is 0.325 e. The molecule has 5 heteroatoms. The molecule has 1 heterocycles. The van der Waals surface area contributed by atoms with Gasteiger partial charge in [0.2, 0.25) is 0 Å². The third-order valence-electron chi connectivity index (χ3n) is 1.83. The molecule has 0 aromatic rings. The monoisotopic (exact) mass is 184 g/mol. The highest BCUT2D eigenvalue weighted by Gasteiger charge is 2.44. The fourth-order valence-electron chi connectivity index (χ4n) is 1.18. The number of ketones is 1. The molecule has 5 nitrogen and oxygen atoms in total. The molecule has 1 aliphatic rings. The van der Waals surface area contributed by atoms with E-state index >= 15 is 0 Å². The molecule has 1 aliphatic heterocycles. The largest absolute Gasteiger partial charge is 0.325 e. The number of carbonyl (C=O) groups is 3. The minimum Gasteiger partial charge on any atom is -0.324 e. The highest BCUT2D eigenvalue weighted by molar-refractivity contribution is 6.08. The van der Waals surface area contributed by atoms with Gasteiger partial charge in [-0.25, -0.2) is 4.79 Å². The molecule has 3 amide bonds. The first kappa shape index (κ1) is 9.70. The van der Waals surface area contributed by atoms with Crippen molar-refractivity contribution in [3.63, 3.8) is 0 Å². The molecule has 0 aromatic carbocycles. The number of urea groups is 1. The van der Waals surface area contributed by atoms with Crippen molar-refractivity contribution in [3.05, 3.63) is 0 Å². The molecule has 0 aromatic heterocycles. The third kappa shape index (κ3) is 1.68. The minimum atomic E-state index is -0.882. The van der Waals surface area contributed by atoms with E-state index in [0.717, 1.165) is 4.90 Å². The van der Waals surface area contributed by atoms with Crippen LogP contribution in [0.3, 0.4) is 0 Å². The lowest BCUT2D eigenvalue weighted by molar-refractivity contribution is -0.133. The summed E-state index contributed by atoms with van der Waals surface area (Å²) in [5.41, 5.74) is -0.882. The Morgan fingerprint density at radius 1 is 1.46 bits per heavy atom. The van der Waals surface area contributed by atoms with Crippen LogP contribution in [-0.2, 0) is 9.59 Å². The maximum absolute atomic E-state index is 11.5. The second-order valence-electron chi connectivity index (χ2n) is 3.65. The van der Waals surface area contributed by atoms with Crippen LogP contribution in [0, 0.1) is 0 Å². The van der Waals surface area contributed by atoms with Crippen LogP contribution in [0.1, 0.15) is 20.8 Å². The lowest BCUT2D eigenvalue weighted by Crippen LogP contribution is -2.40. The smallest absolute Gasteiger partial charge is 0.324 e. The number of rotatable bonds is 2. The fraction of sp³-hybridized carbons (Fsp3) is 0.625. The Hall–Kier alpha value is -1.39. The van der Waals surface area contributed by atoms with Gasteiger partial charge in [0.15, 0.2) is 0 Å². The van der Waals surface area contributed by atoms with Crippen LogP contribution < -0.4 is 5.32 Å². The molecular weight excluding hydrogens is 172 g/mol. The minimum absolute atomic E-state index is 0.145. The summed E-state index contributed by atoms with van der Waals surface area (Å²) in [5, 5.41) is 2.48. The summed E-state index contributed by atoms with van der Waals surface area (Å²) >= 11 is 0. The number of Topliss-reactive ketones (excluding diaryl/α,β-unsaturated/α-hetero) is 1. The highest BCUT2D eigenvalue weighted by atomic mass is 16.2. The zero-order valence-electron chi connectivity index (χ0n) is 7.88. The summed E-state index contributed by atoms with van der Waals surface area (Å²) in [6, 6.07) is -0.495. The van der Waals surface area contributed by atoms with Crippen LogP contribution in [0.2, 0.25) is 0 Å². The van der Waals surface area contributed by atoms with Crippen molar-refractivity contribution in [2.24, 2.45) is 0 Å². The van der Waals surface area contributed by atoms with Crippen LogP contribution in [0.4, 0.5) is 4.79 Å². The molecule has 1 saturated heterocycles. The van der Waals surface area contributed by atoms with Gasteiger partial charge in [0.05, 0.1) is 6.54 Å². The lowest BCUT2D eigenvalue weighted by Gasteiger charge is -2.14. The van der Waals surface area contributed by atoms with Crippen LogP contribution in [0.15, 0.2) is 0 Å². The van der Waals surface area contributed by atoms with Crippen molar-refractivity contribution in [2.45, 2.75) is 26.3 Å². The van der Waals surface area contributed by atoms with Crippen LogP contribution in [0.25, 0.3) is 0 Å². The first-order valence-corrected chi connectivity index (χ1v) is 3.98. The van der Waals surface area contributed by atoms with Crippen LogP contribution in [-0.4, -0.2) is 34.7 Å². The van der Waals surface area contributed by atoms with Gasteiger partial charge in [-0.3, -0.25) is 14.5 Å². The Morgan fingerprint density at radius 2 is 2.00 bits per heavy atom. The molecular formula is C8H12N2O3. The molecule has 0 saturated carbocycles. The Bertz CT molecular complexity index is 283. The Labute approximate surface area is 76.1 Å². The summed E-state index contributed by atoms with van der Waals surface area (Å²) in [6.45, 7) is 4.40. The molecule has 0 spiro atoms. The first-order chi connectivity index (χ1) is 5.84. The van der Waals surface area contributed by atoms with E-state index in [9.17, 15) is 14.4 Å². The lowest BCUT2D eigenvalue weighted by atomic mass is 10.1. The molecule has 72 valence electrons. The standard InChI is InChI=1S/C8H12N2O3/c1-5(11)4-10-6(12)8(2,3)9-7(10)13/h4H2,1-3H3,(H,9,13). The molecule has 0 atom stereocenters. The molecule has 0 bridgehead atoms. The predicted molar refractivity (Wildman–Crippen MR) is 45.0 cm³/mol. The second-order valence-corrected chi connectivity index (χ2v) is 3.65. The van der Waals surface area contributed by atoms with Gasteiger partial charge in [0.1, 0.15) is 11.3 Å². The SMILES string of the molecule is CC(=O)CN1C(=O)NC(C)(C)C1=O. The zero-order valence-corrected chi connectivity index (χ0v) is 7.88. The second kappa shape index (κ2) is 2.83. The zero-order chi connectivity index (χ0) is 10.2. The third-order valence-corrected chi connectivity index (χ3v) is 1.83. The van der Waals surface area contributed by atoms with Gasteiger partial charge < -0.3 is 5.32 Å². The van der Waals surface area contributed by atoms with E-state index in [2.05, 4.69) is 5.32 Å². The summed E-state index contributed by atoms with van der Waals surface area (Å²) in [4.78, 5) is 34.3. The molecule has 13 heavy (non-hydrogen) atoms. The molecule has 0 radical (unpaired) electrons. The number of nitrogens with one attached hydrogen (secondary N) is 1. The van der Waals surface area contributed by atoms with E-state index in [1.807, 2.05) is 0 Å². The van der Waals surface area contributed by atoms with Gasteiger partial charge in [-0.2, -0.15) is 0 Å². The quantitative estimate of drug-likeness (QED) is 0.610. The summed E-state index contributed by atoms with van der Waals surface area (Å²) < 4.78 is 0. The summed E-state index contributed by atoms with van der Waals surface area (Å²) in [7, 11) is 0. The Balaban J connectivity index is 2.83. The maximum atomic E-state index is 11.5. The molecule has 0 aliphatic carbocycles. The van der Waals surface area contributed by atoms with E-state index < -0.39 is 11.6 Å². The first-order valence-electron chi connectivity index (χ1n) is 3.98. The molecule has 0 unspecified atom stereocenters. The topological polar surface area (TPSA) is 66.5 Å². The number of hydrogen-bond acceptors (Lipinski definition) is 3. The number of nitrogens with zero attached hydrogens (tertiary/aromatic N) is 1. The van der Waals surface area contributed by atoms with Crippen molar-refractivity contribution in [3.8, 4) is 0 Å². The number of carbonyl (C=O) groups excluding carboxylic acids is 3. The number of imide groups is 1. The van der Waals surface area contributed by atoms with Gasteiger partial charge in [-0.1, -0.05) is 0 Å². The average Bonchev–Trinajstić information content (AvgIpc) is 2.12. The van der Waals surface area contributed by atoms with Crippen LogP contribution >= 0.6 is 0 Å². The predicted octanol–water partition coefficient (Wildman–Crippen LogP) is -0.0942. The van der Waals surface area contributed by atoms with Crippen molar-refractivity contribution >= 4 is 17.7 Å². The molecule has 1 N–H and O–H groups in total. The van der Waals surface area contributed by atoms with Crippen LogP contribution in [0.5, 0.6) is 0 Å². The van der Waals surface area contributed by atoms with Crippen molar-refractivity contribution < 1.29 is 14.4 Å². The Morgan fingerprint density at radius 3 is 2.31 bits per heavy atom. The van der Waals surface area contributed by atoms with E-state index in [-0.39, 0.29) is 18.2 Å². The van der Waals surface area contributed by atoms with E-state index in [1.54, 1.807) is 13.8 Å². The van der Waals surface area contributed by atoms with Crippen molar-refractivity contribution in [1.29, 1.82) is 0 Å². The van der Waals surface area contributed by atoms with Gasteiger partial charge in [-0.15, -0.1) is 0 Å². The number of hydrogen-bond donors (Lipinski definition) is 1. The summed E-state index contributed by atoms with van der Waals surface area (Å²) in [5.74, 6) is -0.561. The van der Waals surface area contributed by atoms with E-state index in [4.69, 9.17) is 0 Å². The number of amides is 3. The van der Waals surface area contributed by atoms with Gasteiger partial charge in [0, 0.05) is 0 Å². The summed E-state index contributed by atoms with van der Waals surface area (Å²) in [6.07, 6.45) is 0. The van der Waals surface area contributed by atoms with Crippen molar-refractivity contribution in [2.75, 3.05) is 6.54 Å². The highest BCUT2D eigenvalue weighted by Crippen LogP contribution is 2.15. The average molecular weight is 184 g/mol. The Kier molecular flexibility index (Phi) is 2.11. The van der Waals surface area contributed by atoms with Gasteiger partial charge >= 0.3 is 6.03 Å². The van der Waals surface area contributed by atoms with E-state index in [1.165, 1.54) is 6.92 Å². The molecule has 1 rings (SSSR count). The van der Waals surface area contributed by atoms with Gasteiger partial charge in [-0.05, 0) is 20.8 Å². The normalized spacial score (nSPS) is 20.4. The fourth-order valence-corrected chi connectivity index (χ4v) is 1.18. The van der Waals surface area contributed by atoms with Crippen molar-refractivity contribution in [1.82, 2.24) is 10.2 Å².